The molecule has 2 aromatic rings. The number of carbonyl (C=O) groups excluding carboxylic acids is 2. The van der Waals surface area contributed by atoms with Crippen LogP contribution in [-0.2, 0) is 14.3 Å². The lowest BCUT2D eigenvalue weighted by atomic mass is 9.68. The molecule has 2 aliphatic rings. The number of esters is 1. The van der Waals surface area contributed by atoms with Crippen molar-refractivity contribution in [2.24, 2.45) is 5.41 Å². The molecule has 4 rings (SSSR count). The minimum Gasteiger partial charge on any atom is -0.463 e. The number of ketones is 1. The van der Waals surface area contributed by atoms with Gasteiger partial charge in [-0.1, -0.05) is 50.2 Å². The number of ether oxygens (including phenoxy) is 1. The second-order valence-electron chi connectivity index (χ2n) is 10.2. The first-order chi connectivity index (χ1) is 16.1. The van der Waals surface area contributed by atoms with Gasteiger partial charge in [-0.15, -0.1) is 0 Å². The molecule has 1 aliphatic carbocycles. The second kappa shape index (κ2) is 9.13. The van der Waals surface area contributed by atoms with Crippen LogP contribution in [0.25, 0.3) is 11.1 Å². The first-order valence-corrected chi connectivity index (χ1v) is 11.9. The molecule has 0 radical (unpaired) electrons. The molecule has 0 bridgehead atoms. The summed E-state index contributed by atoms with van der Waals surface area (Å²) in [5, 5.41) is 3.38. The van der Waals surface area contributed by atoms with E-state index in [1.807, 2.05) is 33.2 Å². The lowest BCUT2D eigenvalue weighted by Gasteiger charge is -2.39. The van der Waals surface area contributed by atoms with Crippen molar-refractivity contribution < 1.29 is 14.3 Å². The van der Waals surface area contributed by atoms with Crippen molar-refractivity contribution in [3.63, 3.8) is 0 Å². The van der Waals surface area contributed by atoms with Gasteiger partial charge in [-0.05, 0) is 54.5 Å². The average molecular weight is 459 g/mol. The predicted octanol–water partition coefficient (Wildman–Crippen LogP) is 5.59. The van der Waals surface area contributed by atoms with Gasteiger partial charge in [-0.25, -0.2) is 4.79 Å². The maximum Gasteiger partial charge on any atom is 0.336 e. The van der Waals surface area contributed by atoms with E-state index in [2.05, 4.69) is 60.5 Å². The van der Waals surface area contributed by atoms with E-state index >= 15 is 0 Å². The standard InChI is InChI=1S/C29H34N2O3/c1-7-34-28(33)25-18(2)30-23-16-29(3,4)17-24(32)27(23)26(25)21-10-8-19(9-11-21)20-12-14-22(15-13-20)31(5)6/h8-15,26,30H,7,16-17H2,1-6H3. The Bertz CT molecular complexity index is 1170. The number of hydrogen-bond acceptors (Lipinski definition) is 5. The molecule has 1 unspecified atom stereocenters. The smallest absolute Gasteiger partial charge is 0.336 e. The summed E-state index contributed by atoms with van der Waals surface area (Å²) in [7, 11) is 4.05. The van der Waals surface area contributed by atoms with Crippen LogP contribution in [0.1, 0.15) is 52.0 Å². The molecule has 5 nitrogen and oxygen atoms in total. The maximum absolute atomic E-state index is 13.4. The third kappa shape index (κ3) is 4.52. The zero-order valence-electron chi connectivity index (χ0n) is 21.0. The van der Waals surface area contributed by atoms with Crippen LogP contribution in [0.5, 0.6) is 0 Å². The SMILES string of the molecule is CCOC(=O)C1=C(C)NC2=C(C(=O)CC(C)(C)C2)C1c1ccc(-c2ccc(N(C)C)cc2)cc1. The molecule has 0 spiro atoms. The van der Waals surface area contributed by atoms with Crippen molar-refractivity contribution in [1.82, 2.24) is 5.32 Å². The average Bonchev–Trinajstić information content (AvgIpc) is 2.77. The van der Waals surface area contributed by atoms with E-state index in [-0.39, 0.29) is 23.8 Å². The molecule has 5 heteroatoms. The number of benzene rings is 2. The first-order valence-electron chi connectivity index (χ1n) is 11.9. The fourth-order valence-corrected chi connectivity index (χ4v) is 5.07. The number of allylic oxidation sites excluding steroid dienone is 3. The Hall–Kier alpha value is -3.34. The van der Waals surface area contributed by atoms with Gasteiger partial charge in [0.05, 0.1) is 12.2 Å². The molecule has 0 saturated carbocycles. The fourth-order valence-electron chi connectivity index (χ4n) is 5.07. The van der Waals surface area contributed by atoms with E-state index < -0.39 is 5.92 Å². The molecule has 0 amide bonds. The summed E-state index contributed by atoms with van der Waals surface area (Å²) in [4.78, 5) is 28.5. The van der Waals surface area contributed by atoms with Crippen LogP contribution < -0.4 is 10.2 Å². The largest absolute Gasteiger partial charge is 0.463 e. The van der Waals surface area contributed by atoms with Crippen molar-refractivity contribution in [2.45, 2.75) is 46.5 Å². The highest BCUT2D eigenvalue weighted by Crippen LogP contribution is 2.47. The Morgan fingerprint density at radius 2 is 1.62 bits per heavy atom. The van der Waals surface area contributed by atoms with Gasteiger partial charge >= 0.3 is 5.97 Å². The number of Topliss-reactive ketones (excluding diaryl/α,β-unsaturated/α-hetero) is 1. The Morgan fingerprint density at radius 3 is 2.18 bits per heavy atom. The lowest BCUT2D eigenvalue weighted by Crippen LogP contribution is -2.38. The Kier molecular flexibility index (Phi) is 6.39. The van der Waals surface area contributed by atoms with Crippen LogP contribution in [0.4, 0.5) is 5.69 Å². The summed E-state index contributed by atoms with van der Waals surface area (Å²) >= 11 is 0. The number of carbonyl (C=O) groups is 2. The van der Waals surface area contributed by atoms with Crippen molar-refractivity contribution in [1.29, 1.82) is 0 Å². The number of rotatable bonds is 5. The van der Waals surface area contributed by atoms with Crippen LogP contribution in [0.3, 0.4) is 0 Å². The number of nitrogens with zero attached hydrogens (tertiary/aromatic N) is 1. The molecule has 0 aromatic heterocycles. The molecule has 0 fully saturated rings. The Balaban J connectivity index is 1.76. The highest BCUT2D eigenvalue weighted by atomic mass is 16.5. The highest BCUT2D eigenvalue weighted by molar-refractivity contribution is 6.04. The van der Waals surface area contributed by atoms with Gasteiger partial charge < -0.3 is 15.0 Å². The van der Waals surface area contributed by atoms with Crippen LogP contribution >= 0.6 is 0 Å². The topological polar surface area (TPSA) is 58.6 Å². The van der Waals surface area contributed by atoms with Crippen molar-refractivity contribution in [2.75, 3.05) is 25.6 Å². The Labute approximate surface area is 202 Å². The third-order valence-electron chi connectivity index (χ3n) is 6.70. The van der Waals surface area contributed by atoms with Gasteiger partial charge in [0.1, 0.15) is 0 Å². The van der Waals surface area contributed by atoms with Gasteiger partial charge in [0.15, 0.2) is 5.78 Å². The van der Waals surface area contributed by atoms with E-state index in [0.29, 0.717) is 17.6 Å². The van der Waals surface area contributed by atoms with Gasteiger partial charge in [-0.2, -0.15) is 0 Å². The molecule has 34 heavy (non-hydrogen) atoms. The first kappa shape index (κ1) is 23.8. The zero-order valence-corrected chi connectivity index (χ0v) is 21.0. The third-order valence-corrected chi connectivity index (χ3v) is 6.70. The van der Waals surface area contributed by atoms with Gasteiger partial charge in [0.25, 0.3) is 0 Å². The number of nitrogens with one attached hydrogen (secondary N) is 1. The van der Waals surface area contributed by atoms with Crippen LogP contribution in [0.15, 0.2) is 71.1 Å². The van der Waals surface area contributed by atoms with Gasteiger partial charge in [0.2, 0.25) is 0 Å². The zero-order chi connectivity index (χ0) is 24.6. The summed E-state index contributed by atoms with van der Waals surface area (Å²) in [5.41, 5.74) is 7.09. The number of hydrogen-bond donors (Lipinski definition) is 1. The normalized spacial score (nSPS) is 19.5. The van der Waals surface area contributed by atoms with E-state index in [1.165, 1.54) is 0 Å². The van der Waals surface area contributed by atoms with E-state index in [1.54, 1.807) is 6.92 Å². The van der Waals surface area contributed by atoms with Gasteiger partial charge in [-0.3, -0.25) is 4.79 Å². The number of dihydropyridines is 1. The molecule has 1 N–H and O–H groups in total. The number of anilines is 1. The molecular formula is C29H34N2O3. The fraction of sp³-hybridized carbons (Fsp3) is 0.379. The molecule has 178 valence electrons. The Morgan fingerprint density at radius 1 is 1.03 bits per heavy atom. The summed E-state index contributed by atoms with van der Waals surface area (Å²) in [5.74, 6) is -0.699. The van der Waals surface area contributed by atoms with Crippen molar-refractivity contribution >= 4 is 17.4 Å². The minimum absolute atomic E-state index is 0.0985. The van der Waals surface area contributed by atoms with E-state index in [0.717, 1.165) is 40.2 Å². The summed E-state index contributed by atoms with van der Waals surface area (Å²) in [6, 6.07) is 16.6. The van der Waals surface area contributed by atoms with Crippen molar-refractivity contribution in [3.05, 3.63) is 76.6 Å². The molecule has 2 aromatic carbocycles. The van der Waals surface area contributed by atoms with Crippen LogP contribution in [0, 0.1) is 5.41 Å². The molecule has 0 saturated heterocycles. The minimum atomic E-state index is -0.427. The van der Waals surface area contributed by atoms with Crippen LogP contribution in [0.2, 0.25) is 0 Å². The molecule has 1 aliphatic heterocycles. The monoisotopic (exact) mass is 458 g/mol. The van der Waals surface area contributed by atoms with Crippen molar-refractivity contribution in [3.8, 4) is 11.1 Å². The highest BCUT2D eigenvalue weighted by Gasteiger charge is 2.43. The lowest BCUT2D eigenvalue weighted by molar-refractivity contribution is -0.138. The van der Waals surface area contributed by atoms with E-state index in [9.17, 15) is 9.59 Å². The molecular weight excluding hydrogens is 424 g/mol. The quantitative estimate of drug-likeness (QED) is 0.592. The maximum atomic E-state index is 13.4. The molecule has 1 heterocycles. The second-order valence-corrected chi connectivity index (χ2v) is 10.2. The summed E-state index contributed by atoms with van der Waals surface area (Å²) in [6.45, 7) is 8.21. The van der Waals surface area contributed by atoms with Gasteiger partial charge in [0, 0.05) is 49.1 Å². The van der Waals surface area contributed by atoms with Crippen LogP contribution in [-0.4, -0.2) is 32.5 Å². The predicted molar refractivity (Wildman–Crippen MR) is 136 cm³/mol. The molecule has 1 atom stereocenters. The summed E-state index contributed by atoms with van der Waals surface area (Å²) < 4.78 is 5.41. The summed E-state index contributed by atoms with van der Waals surface area (Å²) in [6.07, 6.45) is 1.24. The van der Waals surface area contributed by atoms with E-state index in [4.69, 9.17) is 4.74 Å².